The Balaban J connectivity index is 0.00000330. The molecule has 0 aromatic heterocycles. The Bertz CT molecular complexity index is 1260. The van der Waals surface area contributed by atoms with Gasteiger partial charge in [-0.05, 0) is 116 Å². The molecule has 7 nitrogen and oxygen atoms in total. The van der Waals surface area contributed by atoms with Crippen LogP contribution in [0.1, 0.15) is 95.8 Å². The van der Waals surface area contributed by atoms with E-state index in [1.165, 1.54) is 0 Å². The van der Waals surface area contributed by atoms with Crippen molar-refractivity contribution in [2.45, 2.75) is 111 Å². The number of Topliss-reactive ketones (excluding diaryl/α,β-unsaturated/α-hetero) is 1. The molecule has 244 valence electrons. The zero-order chi connectivity index (χ0) is 33.4. The van der Waals surface area contributed by atoms with E-state index in [2.05, 4.69) is 12.1 Å². The van der Waals surface area contributed by atoms with E-state index < -0.39 is 17.2 Å². The molecular formula is C36H53NO6S. The monoisotopic (exact) mass is 627 g/mol. The molecular weight excluding hydrogens is 574 g/mol. The van der Waals surface area contributed by atoms with Gasteiger partial charge in [-0.25, -0.2) is 9.59 Å². The second-order valence-corrected chi connectivity index (χ2v) is 13.9. The number of hydrogen-bond acceptors (Lipinski definition) is 7. The topological polar surface area (TPSA) is 82.1 Å². The Hall–Kier alpha value is -3.00. The van der Waals surface area contributed by atoms with Gasteiger partial charge in [0.05, 0.1) is 6.10 Å². The van der Waals surface area contributed by atoms with Gasteiger partial charge in [-0.15, -0.1) is 11.8 Å². The van der Waals surface area contributed by atoms with E-state index in [4.69, 9.17) is 14.2 Å². The second kappa shape index (κ2) is 15.8. The zero-order valence-electron chi connectivity index (χ0n) is 28.8. The molecule has 1 fully saturated rings. The number of thioether (sulfide) groups is 1. The van der Waals surface area contributed by atoms with Crippen molar-refractivity contribution in [2.75, 3.05) is 19.3 Å². The maximum Gasteiger partial charge on any atom is 0.410 e. The molecule has 1 aliphatic rings. The van der Waals surface area contributed by atoms with Crippen LogP contribution in [0.2, 0.25) is 0 Å². The molecule has 8 heteroatoms. The molecule has 0 bridgehead atoms. The Morgan fingerprint density at radius 2 is 1.52 bits per heavy atom. The van der Waals surface area contributed by atoms with Crippen molar-refractivity contribution in [1.82, 2.24) is 4.90 Å². The number of likely N-dealkylation sites (tertiary alicyclic amines) is 1. The minimum atomic E-state index is -1.15. The van der Waals surface area contributed by atoms with Crippen molar-refractivity contribution < 1.29 is 28.6 Å². The third kappa shape index (κ3) is 10.3. The number of esters is 1. The summed E-state index contributed by atoms with van der Waals surface area (Å²) in [5.41, 5.74) is 1.89. The first-order valence-corrected chi connectivity index (χ1v) is 16.9. The van der Waals surface area contributed by atoms with Crippen LogP contribution in [0.15, 0.2) is 41.3 Å². The molecule has 3 rings (SSSR count). The molecule has 1 amide bonds. The number of hydrogen-bond donors (Lipinski definition) is 0. The van der Waals surface area contributed by atoms with Crippen LogP contribution in [-0.4, -0.2) is 59.4 Å². The van der Waals surface area contributed by atoms with Crippen LogP contribution in [0.3, 0.4) is 0 Å². The highest BCUT2D eigenvalue weighted by Crippen LogP contribution is 2.34. The number of benzene rings is 2. The van der Waals surface area contributed by atoms with Gasteiger partial charge in [0.2, 0.25) is 0 Å². The fourth-order valence-corrected chi connectivity index (χ4v) is 5.66. The summed E-state index contributed by atoms with van der Waals surface area (Å²) < 4.78 is 17.2. The van der Waals surface area contributed by atoms with E-state index in [-0.39, 0.29) is 29.8 Å². The lowest BCUT2D eigenvalue weighted by Gasteiger charge is -2.30. The van der Waals surface area contributed by atoms with Crippen LogP contribution in [0.5, 0.6) is 5.75 Å². The second-order valence-electron chi connectivity index (χ2n) is 13.0. The first kappa shape index (κ1) is 37.2. The molecule has 44 heavy (non-hydrogen) atoms. The van der Waals surface area contributed by atoms with Gasteiger partial charge >= 0.3 is 12.1 Å². The summed E-state index contributed by atoms with van der Waals surface area (Å²) in [5.74, 6) is 0.00983. The van der Waals surface area contributed by atoms with Gasteiger partial charge in [-0.2, -0.15) is 0 Å². The van der Waals surface area contributed by atoms with Crippen LogP contribution in [0, 0.1) is 25.7 Å². The number of rotatable bonds is 10. The fourth-order valence-electron chi connectivity index (χ4n) is 5.25. The number of carbonyl (C=O) groups excluding carboxylic acids is 3. The number of ether oxygens (including phenoxy) is 3. The number of aryl methyl sites for hydroxylation is 3. The van der Waals surface area contributed by atoms with Crippen LogP contribution in [0.4, 0.5) is 4.79 Å². The minimum Gasteiger partial charge on any atom is -0.476 e. The summed E-state index contributed by atoms with van der Waals surface area (Å²) in [4.78, 5) is 42.0. The van der Waals surface area contributed by atoms with Crippen LogP contribution in [-0.2, 0) is 20.7 Å². The summed E-state index contributed by atoms with van der Waals surface area (Å²) in [5, 5.41) is 0. The highest BCUT2D eigenvalue weighted by Gasteiger charge is 2.40. The Kier molecular flexibility index (Phi) is 13.4. The number of nitrogens with zero attached hydrogens (tertiary/aromatic N) is 1. The van der Waals surface area contributed by atoms with Crippen molar-refractivity contribution >= 4 is 29.6 Å². The molecule has 1 saturated heterocycles. The SMILES string of the molecule is CC.CSc1ccc(C(=O)[C@H]2CN(C(=O)OC(C)C)CC2CCc2cc(C)c(OC(C)(C)C(=O)OC(C)(C)C)c(C)c2)cc1. The van der Waals surface area contributed by atoms with E-state index in [1.807, 2.05) is 92.8 Å². The Labute approximate surface area is 269 Å². The van der Waals surface area contributed by atoms with Gasteiger partial charge in [0, 0.05) is 29.5 Å². The van der Waals surface area contributed by atoms with Gasteiger partial charge in [-0.3, -0.25) is 4.79 Å². The average molecular weight is 628 g/mol. The third-order valence-electron chi connectivity index (χ3n) is 7.32. The van der Waals surface area contributed by atoms with Gasteiger partial charge in [-0.1, -0.05) is 38.1 Å². The zero-order valence-corrected chi connectivity index (χ0v) is 29.6. The van der Waals surface area contributed by atoms with Gasteiger partial charge in [0.25, 0.3) is 0 Å². The van der Waals surface area contributed by atoms with Crippen molar-refractivity contribution in [3.05, 3.63) is 58.7 Å². The standard InChI is InChI=1S/C34H47NO6S.C2H6/c1-21(2)39-32(38)35-19-26(28(20-35)29(36)25-13-15-27(42-10)16-14-25)12-11-24-17-22(3)30(23(4)18-24)40-34(8,9)31(37)41-33(5,6)7;1-2/h13-18,21,26,28H,11-12,19-20H2,1-10H3;1-2H3/t26?,28-;/m0./s1. The number of ketones is 1. The first-order valence-electron chi connectivity index (χ1n) is 15.7. The lowest BCUT2D eigenvalue weighted by Crippen LogP contribution is -2.43. The third-order valence-corrected chi connectivity index (χ3v) is 8.06. The largest absolute Gasteiger partial charge is 0.476 e. The predicted molar refractivity (Wildman–Crippen MR) is 179 cm³/mol. The number of amides is 1. The number of carbonyl (C=O) groups is 3. The minimum absolute atomic E-state index is 0.0000735. The normalized spacial score (nSPS) is 16.7. The Morgan fingerprint density at radius 1 is 0.955 bits per heavy atom. The summed E-state index contributed by atoms with van der Waals surface area (Å²) >= 11 is 1.63. The smallest absolute Gasteiger partial charge is 0.410 e. The lowest BCUT2D eigenvalue weighted by atomic mass is 9.84. The van der Waals surface area contributed by atoms with Crippen LogP contribution < -0.4 is 4.74 Å². The summed E-state index contributed by atoms with van der Waals surface area (Å²) in [7, 11) is 0. The van der Waals surface area contributed by atoms with Crippen LogP contribution >= 0.6 is 11.8 Å². The highest BCUT2D eigenvalue weighted by atomic mass is 32.2. The van der Waals surface area contributed by atoms with E-state index in [1.54, 1.807) is 30.5 Å². The molecule has 2 aromatic rings. The van der Waals surface area contributed by atoms with Gasteiger partial charge < -0.3 is 19.1 Å². The quantitative estimate of drug-likeness (QED) is 0.148. The van der Waals surface area contributed by atoms with Crippen molar-refractivity contribution in [1.29, 1.82) is 0 Å². The summed E-state index contributed by atoms with van der Waals surface area (Å²) in [6.45, 7) is 21.4. The molecule has 0 spiro atoms. The molecule has 2 atom stereocenters. The van der Waals surface area contributed by atoms with E-state index in [0.717, 1.165) is 34.4 Å². The fraction of sp³-hybridized carbons (Fsp3) is 0.583. The summed E-state index contributed by atoms with van der Waals surface area (Å²) in [6.07, 6.45) is 2.89. The molecule has 1 unspecified atom stereocenters. The van der Waals surface area contributed by atoms with Crippen LogP contribution in [0.25, 0.3) is 0 Å². The average Bonchev–Trinajstić information content (AvgIpc) is 3.38. The molecule has 1 aliphatic heterocycles. The van der Waals surface area contributed by atoms with Gasteiger partial charge in [0.15, 0.2) is 11.4 Å². The van der Waals surface area contributed by atoms with Crippen molar-refractivity contribution in [3.8, 4) is 5.75 Å². The first-order chi connectivity index (χ1) is 20.5. The molecule has 0 saturated carbocycles. The van der Waals surface area contributed by atoms with Gasteiger partial charge in [0.1, 0.15) is 11.4 Å². The molecule has 2 aromatic carbocycles. The highest BCUT2D eigenvalue weighted by molar-refractivity contribution is 7.98. The van der Waals surface area contributed by atoms with E-state index >= 15 is 0 Å². The van der Waals surface area contributed by atoms with Crippen molar-refractivity contribution in [2.24, 2.45) is 11.8 Å². The maximum absolute atomic E-state index is 13.6. The lowest BCUT2D eigenvalue weighted by molar-refractivity contribution is -0.171. The molecule has 0 aliphatic carbocycles. The van der Waals surface area contributed by atoms with Crippen molar-refractivity contribution in [3.63, 3.8) is 0 Å². The predicted octanol–water partition coefficient (Wildman–Crippen LogP) is 8.46. The summed E-state index contributed by atoms with van der Waals surface area (Å²) in [6, 6.07) is 11.8. The maximum atomic E-state index is 13.6. The molecule has 1 heterocycles. The Morgan fingerprint density at radius 3 is 2.02 bits per heavy atom. The van der Waals surface area contributed by atoms with E-state index in [0.29, 0.717) is 24.4 Å². The van der Waals surface area contributed by atoms with E-state index in [9.17, 15) is 14.4 Å². The molecule has 0 radical (unpaired) electrons. The molecule has 0 N–H and O–H groups in total.